The molecule has 3 rings (SSSR count). The first-order valence-corrected chi connectivity index (χ1v) is 8.47. The van der Waals surface area contributed by atoms with Crippen LogP contribution in [0, 0.1) is 0 Å². The number of ether oxygens (including phenoxy) is 2. The van der Waals surface area contributed by atoms with Crippen LogP contribution in [0.25, 0.3) is 0 Å². The summed E-state index contributed by atoms with van der Waals surface area (Å²) < 4.78 is 10.4. The third-order valence-electron chi connectivity index (χ3n) is 4.28. The van der Waals surface area contributed by atoms with Crippen LogP contribution in [0.4, 0.5) is 10.6 Å². The molecule has 8 heteroatoms. The Hall–Kier alpha value is -3.03. The van der Waals surface area contributed by atoms with Crippen molar-refractivity contribution in [2.24, 2.45) is 0 Å². The van der Waals surface area contributed by atoms with E-state index in [0.29, 0.717) is 24.8 Å². The monoisotopic (exact) mass is 357 g/mol. The second kappa shape index (κ2) is 8.37. The second-order valence-electron chi connectivity index (χ2n) is 6.00. The van der Waals surface area contributed by atoms with Gasteiger partial charge in [0.25, 0.3) is 5.88 Å². The Morgan fingerprint density at radius 1 is 1.19 bits per heavy atom. The van der Waals surface area contributed by atoms with Gasteiger partial charge >= 0.3 is 6.03 Å². The molecule has 1 aliphatic heterocycles. The van der Waals surface area contributed by atoms with Gasteiger partial charge in [-0.1, -0.05) is 12.1 Å². The van der Waals surface area contributed by atoms with Crippen molar-refractivity contribution in [1.29, 1.82) is 0 Å². The average Bonchev–Trinajstić information content (AvgIpc) is 3.15. The lowest BCUT2D eigenvalue weighted by molar-refractivity contribution is 0.237. The van der Waals surface area contributed by atoms with Crippen LogP contribution in [0.5, 0.6) is 11.6 Å². The zero-order valence-electron chi connectivity index (χ0n) is 14.9. The number of urea groups is 1. The molecule has 1 saturated heterocycles. The van der Waals surface area contributed by atoms with Gasteiger partial charge in [-0.15, -0.1) is 0 Å². The van der Waals surface area contributed by atoms with Gasteiger partial charge in [0.2, 0.25) is 0 Å². The topological polar surface area (TPSA) is 88.6 Å². The predicted octanol–water partition coefficient (Wildman–Crippen LogP) is 1.57. The Morgan fingerprint density at radius 3 is 2.69 bits per heavy atom. The second-order valence-corrected chi connectivity index (χ2v) is 6.00. The van der Waals surface area contributed by atoms with Crippen molar-refractivity contribution in [3.05, 3.63) is 42.2 Å². The SMILES string of the molecule is COc1ccc(CNC(=O)NC2CCN(c3nccnc3OC)C2)cc1. The minimum atomic E-state index is -0.182. The smallest absolute Gasteiger partial charge is 0.315 e. The van der Waals surface area contributed by atoms with E-state index in [0.717, 1.165) is 24.3 Å². The molecule has 1 atom stereocenters. The van der Waals surface area contributed by atoms with Crippen LogP contribution in [0.15, 0.2) is 36.7 Å². The molecule has 26 heavy (non-hydrogen) atoms. The van der Waals surface area contributed by atoms with Crippen LogP contribution in [-0.2, 0) is 6.54 Å². The van der Waals surface area contributed by atoms with Crippen molar-refractivity contribution in [3.8, 4) is 11.6 Å². The number of hydrogen-bond donors (Lipinski definition) is 2. The molecule has 8 nitrogen and oxygen atoms in total. The van der Waals surface area contributed by atoms with Crippen LogP contribution >= 0.6 is 0 Å². The molecule has 1 fully saturated rings. The first-order valence-electron chi connectivity index (χ1n) is 8.47. The molecule has 2 aromatic rings. The van der Waals surface area contributed by atoms with E-state index in [1.54, 1.807) is 26.6 Å². The molecule has 2 amide bonds. The van der Waals surface area contributed by atoms with E-state index in [4.69, 9.17) is 9.47 Å². The van der Waals surface area contributed by atoms with Gasteiger partial charge in [0.05, 0.1) is 14.2 Å². The first kappa shape index (κ1) is 17.8. The summed E-state index contributed by atoms with van der Waals surface area (Å²) in [6.07, 6.45) is 4.08. The molecule has 0 saturated carbocycles. The molecule has 0 spiro atoms. The molecule has 1 unspecified atom stereocenters. The van der Waals surface area contributed by atoms with Gasteiger partial charge in [0, 0.05) is 38.1 Å². The number of hydrogen-bond acceptors (Lipinski definition) is 6. The maximum Gasteiger partial charge on any atom is 0.315 e. The quantitative estimate of drug-likeness (QED) is 0.816. The molecule has 1 aromatic carbocycles. The van der Waals surface area contributed by atoms with Gasteiger partial charge in [-0.2, -0.15) is 0 Å². The van der Waals surface area contributed by atoms with Crippen LogP contribution in [0.3, 0.4) is 0 Å². The standard InChI is InChI=1S/C18H23N5O3/c1-25-15-5-3-13(4-6-15)11-21-18(24)22-14-7-10-23(12-14)16-17(26-2)20-9-8-19-16/h3-6,8-9,14H,7,10-12H2,1-2H3,(H2,21,22,24). The Balaban J connectivity index is 1.48. The average molecular weight is 357 g/mol. The molecule has 2 heterocycles. The summed E-state index contributed by atoms with van der Waals surface area (Å²) >= 11 is 0. The summed E-state index contributed by atoms with van der Waals surface area (Å²) in [4.78, 5) is 22.7. The maximum atomic E-state index is 12.1. The Morgan fingerprint density at radius 2 is 1.96 bits per heavy atom. The lowest BCUT2D eigenvalue weighted by Gasteiger charge is -2.19. The number of carbonyl (C=O) groups is 1. The van der Waals surface area contributed by atoms with Crippen molar-refractivity contribution in [2.45, 2.75) is 19.0 Å². The molecule has 2 N–H and O–H groups in total. The molecular weight excluding hydrogens is 334 g/mol. The predicted molar refractivity (Wildman–Crippen MR) is 97.6 cm³/mol. The van der Waals surface area contributed by atoms with Crippen LogP contribution < -0.4 is 25.0 Å². The van der Waals surface area contributed by atoms with Crippen molar-refractivity contribution in [1.82, 2.24) is 20.6 Å². The first-order chi connectivity index (χ1) is 12.7. The van der Waals surface area contributed by atoms with E-state index < -0.39 is 0 Å². The van der Waals surface area contributed by atoms with E-state index in [2.05, 4.69) is 25.5 Å². The lowest BCUT2D eigenvalue weighted by atomic mass is 10.2. The third-order valence-corrected chi connectivity index (χ3v) is 4.28. The van der Waals surface area contributed by atoms with E-state index >= 15 is 0 Å². The van der Waals surface area contributed by atoms with Crippen molar-refractivity contribution >= 4 is 11.8 Å². The molecule has 0 bridgehead atoms. The normalized spacial score (nSPS) is 16.2. The van der Waals surface area contributed by atoms with E-state index in [1.165, 1.54) is 0 Å². The lowest BCUT2D eigenvalue weighted by Crippen LogP contribution is -2.43. The van der Waals surface area contributed by atoms with E-state index in [9.17, 15) is 4.79 Å². The highest BCUT2D eigenvalue weighted by Crippen LogP contribution is 2.25. The fraction of sp³-hybridized carbons (Fsp3) is 0.389. The van der Waals surface area contributed by atoms with Gasteiger partial charge in [-0.3, -0.25) is 0 Å². The third kappa shape index (κ3) is 4.33. The number of aromatic nitrogens is 2. The van der Waals surface area contributed by atoms with Crippen LogP contribution in [-0.4, -0.2) is 49.4 Å². The van der Waals surface area contributed by atoms with Gasteiger partial charge in [0.1, 0.15) is 5.75 Å². The summed E-state index contributed by atoms with van der Waals surface area (Å²) in [5.74, 6) is 2.00. The summed E-state index contributed by atoms with van der Waals surface area (Å²) in [6, 6.07) is 7.47. The highest BCUT2D eigenvalue weighted by Gasteiger charge is 2.27. The van der Waals surface area contributed by atoms with Gasteiger partial charge in [0.15, 0.2) is 5.82 Å². The minimum Gasteiger partial charge on any atom is -0.497 e. The van der Waals surface area contributed by atoms with Crippen LogP contribution in [0.2, 0.25) is 0 Å². The zero-order chi connectivity index (χ0) is 18.4. The Kier molecular flexibility index (Phi) is 5.73. The number of benzene rings is 1. The molecule has 138 valence electrons. The fourth-order valence-electron chi connectivity index (χ4n) is 2.91. The van der Waals surface area contributed by atoms with Crippen molar-refractivity contribution in [2.75, 3.05) is 32.2 Å². The number of amides is 2. The molecule has 0 aliphatic carbocycles. The number of methoxy groups -OCH3 is 2. The zero-order valence-corrected chi connectivity index (χ0v) is 14.9. The summed E-state index contributed by atoms with van der Waals surface area (Å²) in [6.45, 7) is 1.92. The highest BCUT2D eigenvalue weighted by atomic mass is 16.5. The summed E-state index contributed by atoms with van der Waals surface area (Å²) in [5.41, 5.74) is 1.01. The van der Waals surface area contributed by atoms with E-state index in [-0.39, 0.29) is 12.1 Å². The molecule has 0 radical (unpaired) electrons. The van der Waals surface area contributed by atoms with Crippen molar-refractivity contribution < 1.29 is 14.3 Å². The molecular formula is C18H23N5O3. The van der Waals surface area contributed by atoms with Gasteiger partial charge < -0.3 is 25.0 Å². The summed E-state index contributed by atoms with van der Waals surface area (Å²) in [5, 5.41) is 5.88. The number of anilines is 1. The van der Waals surface area contributed by atoms with Crippen LogP contribution in [0.1, 0.15) is 12.0 Å². The number of nitrogens with one attached hydrogen (secondary N) is 2. The Labute approximate surface area is 152 Å². The summed E-state index contributed by atoms with van der Waals surface area (Å²) in [7, 11) is 3.20. The molecule has 1 aliphatic rings. The Bertz CT molecular complexity index is 738. The number of nitrogens with zero attached hydrogens (tertiary/aromatic N) is 3. The maximum absolute atomic E-state index is 12.1. The van der Waals surface area contributed by atoms with Gasteiger partial charge in [-0.05, 0) is 24.1 Å². The fourth-order valence-corrected chi connectivity index (χ4v) is 2.91. The molecule has 1 aromatic heterocycles. The number of rotatable bonds is 6. The van der Waals surface area contributed by atoms with E-state index in [1.807, 2.05) is 24.3 Å². The van der Waals surface area contributed by atoms with Gasteiger partial charge in [-0.25, -0.2) is 14.8 Å². The largest absolute Gasteiger partial charge is 0.497 e. The van der Waals surface area contributed by atoms with Crippen molar-refractivity contribution in [3.63, 3.8) is 0 Å². The number of carbonyl (C=O) groups excluding carboxylic acids is 1. The highest BCUT2D eigenvalue weighted by molar-refractivity contribution is 5.74. The minimum absolute atomic E-state index is 0.0533.